The lowest BCUT2D eigenvalue weighted by atomic mass is 9.76. The third kappa shape index (κ3) is 2.56. The molecule has 0 aromatic carbocycles. The molecule has 2 rings (SSSR count). The second kappa shape index (κ2) is 4.24. The van der Waals surface area contributed by atoms with Crippen LogP contribution in [0.15, 0.2) is 0 Å². The fraction of sp³-hybridized carbons (Fsp3) is 0.769. The van der Waals surface area contributed by atoms with Crippen molar-refractivity contribution < 1.29 is 4.74 Å². The first-order valence-corrected chi connectivity index (χ1v) is 6.35. The van der Waals surface area contributed by atoms with Crippen molar-refractivity contribution in [2.24, 2.45) is 12.5 Å². The molecule has 4 nitrogen and oxygen atoms in total. The van der Waals surface area contributed by atoms with Crippen molar-refractivity contribution in [2.45, 2.75) is 52.6 Å². The van der Waals surface area contributed by atoms with Gasteiger partial charge < -0.3 is 10.5 Å². The van der Waals surface area contributed by atoms with E-state index in [-0.39, 0.29) is 0 Å². The molecule has 0 amide bonds. The summed E-state index contributed by atoms with van der Waals surface area (Å²) in [6.45, 7) is 6.56. The number of aryl methyl sites for hydroxylation is 2. The molecule has 1 fully saturated rings. The van der Waals surface area contributed by atoms with Crippen LogP contribution in [0.25, 0.3) is 0 Å². The standard InChI is InChI=1S/C13H23N3O/c1-9-11(14)12(16(4)15-9)17-10-5-7-13(2,3)8-6-10/h10H,5-8,14H2,1-4H3. The van der Waals surface area contributed by atoms with E-state index in [2.05, 4.69) is 18.9 Å². The van der Waals surface area contributed by atoms with E-state index in [0.717, 1.165) is 24.4 Å². The maximum Gasteiger partial charge on any atom is 0.236 e. The first-order chi connectivity index (χ1) is 7.89. The van der Waals surface area contributed by atoms with E-state index in [1.165, 1.54) is 12.8 Å². The van der Waals surface area contributed by atoms with Crippen LogP contribution in [-0.2, 0) is 7.05 Å². The maximum atomic E-state index is 6.01. The molecule has 96 valence electrons. The highest BCUT2D eigenvalue weighted by molar-refractivity contribution is 5.52. The van der Waals surface area contributed by atoms with E-state index in [1.807, 2.05) is 14.0 Å². The number of aromatic nitrogens is 2. The molecule has 0 saturated heterocycles. The third-order valence-electron chi connectivity index (χ3n) is 3.78. The predicted octanol–water partition coefficient (Wildman–Crippen LogP) is 2.66. The Kier molecular flexibility index (Phi) is 3.06. The zero-order chi connectivity index (χ0) is 12.6. The molecule has 0 bridgehead atoms. The summed E-state index contributed by atoms with van der Waals surface area (Å²) in [7, 11) is 1.88. The van der Waals surface area contributed by atoms with Gasteiger partial charge in [0.2, 0.25) is 5.88 Å². The number of ether oxygens (including phenoxy) is 1. The van der Waals surface area contributed by atoms with Gasteiger partial charge in [0.1, 0.15) is 11.8 Å². The molecule has 1 saturated carbocycles. The summed E-state index contributed by atoms with van der Waals surface area (Å²) in [5, 5.41) is 4.27. The van der Waals surface area contributed by atoms with Crippen LogP contribution in [0.1, 0.15) is 45.2 Å². The summed E-state index contributed by atoms with van der Waals surface area (Å²) in [4.78, 5) is 0. The number of nitrogens with zero attached hydrogens (tertiary/aromatic N) is 2. The first kappa shape index (κ1) is 12.3. The highest BCUT2D eigenvalue weighted by Crippen LogP contribution is 2.37. The van der Waals surface area contributed by atoms with E-state index in [1.54, 1.807) is 4.68 Å². The zero-order valence-electron chi connectivity index (χ0n) is 11.3. The second-order valence-corrected chi connectivity index (χ2v) is 5.91. The number of rotatable bonds is 2. The van der Waals surface area contributed by atoms with E-state index < -0.39 is 0 Å². The maximum absolute atomic E-state index is 6.01. The van der Waals surface area contributed by atoms with Crippen LogP contribution in [0.3, 0.4) is 0 Å². The van der Waals surface area contributed by atoms with Gasteiger partial charge in [-0.2, -0.15) is 5.10 Å². The summed E-state index contributed by atoms with van der Waals surface area (Å²) >= 11 is 0. The molecule has 1 heterocycles. The Morgan fingerprint density at radius 2 is 1.94 bits per heavy atom. The molecule has 17 heavy (non-hydrogen) atoms. The molecule has 0 spiro atoms. The Balaban J connectivity index is 2.03. The second-order valence-electron chi connectivity index (χ2n) is 5.91. The van der Waals surface area contributed by atoms with Crippen LogP contribution >= 0.6 is 0 Å². The fourth-order valence-electron chi connectivity index (χ4n) is 2.44. The first-order valence-electron chi connectivity index (χ1n) is 6.35. The van der Waals surface area contributed by atoms with Crippen LogP contribution in [0.4, 0.5) is 5.69 Å². The van der Waals surface area contributed by atoms with Crippen LogP contribution in [-0.4, -0.2) is 15.9 Å². The number of nitrogen functional groups attached to an aromatic ring is 1. The number of nitrogens with two attached hydrogens (primary N) is 1. The SMILES string of the molecule is Cc1nn(C)c(OC2CCC(C)(C)CC2)c1N. The predicted molar refractivity (Wildman–Crippen MR) is 69.0 cm³/mol. The van der Waals surface area contributed by atoms with Crippen LogP contribution < -0.4 is 10.5 Å². The molecule has 1 aromatic heterocycles. The lowest BCUT2D eigenvalue weighted by molar-refractivity contribution is 0.0918. The van der Waals surface area contributed by atoms with Gasteiger partial charge in [0.05, 0.1) is 5.69 Å². The molecular weight excluding hydrogens is 214 g/mol. The lowest BCUT2D eigenvalue weighted by Crippen LogP contribution is -2.29. The van der Waals surface area contributed by atoms with Gasteiger partial charge in [0.15, 0.2) is 0 Å². The van der Waals surface area contributed by atoms with Gasteiger partial charge in [-0.25, -0.2) is 4.68 Å². The molecule has 1 aromatic rings. The van der Waals surface area contributed by atoms with E-state index in [0.29, 0.717) is 17.2 Å². The monoisotopic (exact) mass is 237 g/mol. The average Bonchev–Trinajstić information content (AvgIpc) is 2.48. The minimum atomic E-state index is 0.292. The zero-order valence-corrected chi connectivity index (χ0v) is 11.3. The summed E-state index contributed by atoms with van der Waals surface area (Å²) in [5.41, 5.74) is 7.96. The summed E-state index contributed by atoms with van der Waals surface area (Å²) in [6, 6.07) is 0. The van der Waals surface area contributed by atoms with Gasteiger partial charge in [0, 0.05) is 7.05 Å². The Morgan fingerprint density at radius 1 is 1.35 bits per heavy atom. The van der Waals surface area contributed by atoms with Gasteiger partial charge >= 0.3 is 0 Å². The van der Waals surface area contributed by atoms with Crippen molar-refractivity contribution in [3.05, 3.63) is 5.69 Å². The van der Waals surface area contributed by atoms with Crippen molar-refractivity contribution in [3.8, 4) is 5.88 Å². The minimum Gasteiger partial charge on any atom is -0.473 e. The molecule has 1 aliphatic rings. The molecule has 0 aliphatic heterocycles. The molecule has 4 heteroatoms. The Bertz CT molecular complexity index is 399. The van der Waals surface area contributed by atoms with Crippen LogP contribution in [0, 0.1) is 12.3 Å². The lowest BCUT2D eigenvalue weighted by Gasteiger charge is -2.34. The summed E-state index contributed by atoms with van der Waals surface area (Å²) in [5.74, 6) is 0.729. The fourth-order valence-corrected chi connectivity index (χ4v) is 2.44. The largest absolute Gasteiger partial charge is 0.473 e. The molecule has 0 radical (unpaired) electrons. The third-order valence-corrected chi connectivity index (χ3v) is 3.78. The molecule has 1 aliphatic carbocycles. The summed E-state index contributed by atoms with van der Waals surface area (Å²) < 4.78 is 7.75. The van der Waals surface area contributed by atoms with E-state index in [9.17, 15) is 0 Å². The number of anilines is 1. The van der Waals surface area contributed by atoms with Crippen molar-refractivity contribution >= 4 is 5.69 Å². The van der Waals surface area contributed by atoms with Gasteiger partial charge in [-0.15, -0.1) is 0 Å². The number of hydrogen-bond acceptors (Lipinski definition) is 3. The van der Waals surface area contributed by atoms with Gasteiger partial charge in [-0.3, -0.25) is 0 Å². The van der Waals surface area contributed by atoms with Crippen molar-refractivity contribution in [3.63, 3.8) is 0 Å². The molecule has 0 unspecified atom stereocenters. The normalized spacial score (nSPS) is 20.5. The smallest absolute Gasteiger partial charge is 0.236 e. The Hall–Kier alpha value is -1.19. The van der Waals surface area contributed by atoms with E-state index in [4.69, 9.17) is 10.5 Å². The molecule has 2 N–H and O–H groups in total. The van der Waals surface area contributed by atoms with Crippen molar-refractivity contribution in [1.82, 2.24) is 9.78 Å². The molecule has 0 atom stereocenters. The van der Waals surface area contributed by atoms with E-state index >= 15 is 0 Å². The molecular formula is C13H23N3O. The van der Waals surface area contributed by atoms with Crippen molar-refractivity contribution in [2.75, 3.05) is 5.73 Å². The Labute approximate surface area is 103 Å². The average molecular weight is 237 g/mol. The topological polar surface area (TPSA) is 53.1 Å². The van der Waals surface area contributed by atoms with Gasteiger partial charge in [0.25, 0.3) is 0 Å². The van der Waals surface area contributed by atoms with Gasteiger partial charge in [-0.1, -0.05) is 13.8 Å². The van der Waals surface area contributed by atoms with Gasteiger partial charge in [-0.05, 0) is 38.0 Å². The van der Waals surface area contributed by atoms with Crippen molar-refractivity contribution in [1.29, 1.82) is 0 Å². The quantitative estimate of drug-likeness (QED) is 0.860. The minimum absolute atomic E-state index is 0.292. The number of hydrogen-bond donors (Lipinski definition) is 1. The summed E-state index contributed by atoms with van der Waals surface area (Å²) in [6.07, 6.45) is 4.94. The van der Waals surface area contributed by atoms with Crippen LogP contribution in [0.5, 0.6) is 5.88 Å². The highest BCUT2D eigenvalue weighted by Gasteiger charge is 2.28. The van der Waals surface area contributed by atoms with Crippen LogP contribution in [0.2, 0.25) is 0 Å². The highest BCUT2D eigenvalue weighted by atomic mass is 16.5. The Morgan fingerprint density at radius 3 is 2.41 bits per heavy atom.